The molecule has 0 fully saturated rings. The number of thiazole rings is 1. The maximum absolute atomic E-state index is 13.8. The third-order valence-corrected chi connectivity index (χ3v) is 7.74. The quantitative estimate of drug-likeness (QED) is 0.119. The molecule has 1 aliphatic heterocycles. The highest BCUT2D eigenvalue weighted by atomic mass is 35.5. The number of allylic oxidation sites excluding steroid dienone is 1. The van der Waals surface area contributed by atoms with Gasteiger partial charge in [-0.3, -0.25) is 19.5 Å². The number of nitro groups is 1. The first-order valence-corrected chi connectivity index (χ1v) is 13.8. The number of nitrogens with zero attached hydrogens (tertiary/aromatic N) is 3. The van der Waals surface area contributed by atoms with Crippen LogP contribution in [0.1, 0.15) is 24.3 Å². The van der Waals surface area contributed by atoms with Gasteiger partial charge in [0.1, 0.15) is 23.9 Å². The molecule has 0 amide bonds. The first-order chi connectivity index (χ1) is 20.2. The van der Waals surface area contributed by atoms with E-state index in [2.05, 4.69) is 4.99 Å². The van der Waals surface area contributed by atoms with Crippen molar-refractivity contribution in [3.8, 4) is 17.1 Å². The van der Waals surface area contributed by atoms with E-state index in [0.717, 1.165) is 11.3 Å². The molecule has 42 heavy (non-hydrogen) atoms. The van der Waals surface area contributed by atoms with Crippen LogP contribution in [0.15, 0.2) is 80.1 Å². The number of fused-ring (bicyclic) bond motifs is 1. The second-order valence-electron chi connectivity index (χ2n) is 9.11. The van der Waals surface area contributed by atoms with E-state index >= 15 is 0 Å². The van der Waals surface area contributed by atoms with E-state index in [1.807, 2.05) is 0 Å². The van der Waals surface area contributed by atoms with Crippen molar-refractivity contribution in [1.29, 1.82) is 0 Å². The van der Waals surface area contributed by atoms with Crippen LogP contribution in [0.4, 0.5) is 5.69 Å². The van der Waals surface area contributed by atoms with Crippen molar-refractivity contribution >= 4 is 40.7 Å². The zero-order chi connectivity index (χ0) is 30.0. The van der Waals surface area contributed by atoms with Crippen molar-refractivity contribution < 1.29 is 28.3 Å². The van der Waals surface area contributed by atoms with Gasteiger partial charge in [0.15, 0.2) is 4.80 Å². The van der Waals surface area contributed by atoms with Crippen molar-refractivity contribution in [1.82, 2.24) is 4.57 Å². The molecule has 0 saturated heterocycles. The largest absolute Gasteiger partial charge is 0.496 e. The fourth-order valence-electron chi connectivity index (χ4n) is 4.54. The lowest BCUT2D eigenvalue weighted by atomic mass is 9.96. The lowest BCUT2D eigenvalue weighted by Crippen LogP contribution is -2.40. The van der Waals surface area contributed by atoms with Crippen LogP contribution in [0.25, 0.3) is 17.4 Å². The zero-order valence-corrected chi connectivity index (χ0v) is 24.2. The third-order valence-electron chi connectivity index (χ3n) is 6.51. The number of non-ortho nitro benzene ring substituents is 1. The van der Waals surface area contributed by atoms with Crippen LogP contribution in [0.3, 0.4) is 0 Å². The highest BCUT2D eigenvalue weighted by Gasteiger charge is 2.33. The van der Waals surface area contributed by atoms with E-state index in [0.29, 0.717) is 42.7 Å². The van der Waals surface area contributed by atoms with Gasteiger partial charge in [-0.15, -0.1) is 0 Å². The molecule has 0 aliphatic carbocycles. The van der Waals surface area contributed by atoms with Gasteiger partial charge >= 0.3 is 5.97 Å². The molecule has 1 atom stereocenters. The predicted octanol–water partition coefficient (Wildman–Crippen LogP) is 4.26. The summed E-state index contributed by atoms with van der Waals surface area (Å²) >= 11 is 7.27. The van der Waals surface area contributed by atoms with Gasteiger partial charge in [0.25, 0.3) is 11.2 Å². The van der Waals surface area contributed by atoms with Crippen LogP contribution in [0.2, 0.25) is 5.02 Å². The number of carbonyl (C=O) groups is 1. The van der Waals surface area contributed by atoms with Crippen molar-refractivity contribution in [3.05, 3.63) is 112 Å². The van der Waals surface area contributed by atoms with E-state index in [1.165, 1.54) is 37.0 Å². The fourth-order valence-corrected chi connectivity index (χ4v) is 5.69. The van der Waals surface area contributed by atoms with Gasteiger partial charge in [0.05, 0.1) is 52.1 Å². The van der Waals surface area contributed by atoms with Crippen molar-refractivity contribution in [2.45, 2.75) is 13.0 Å². The molecule has 0 N–H and O–H groups in total. The fraction of sp³-hybridized carbons (Fsp3) is 0.207. The first-order valence-electron chi connectivity index (χ1n) is 12.6. The smallest absolute Gasteiger partial charge is 0.338 e. The standard InChI is InChI=1S/C29H24ClN3O8S/c1-16-25(28(35)40-13-12-38-2)26(17-4-6-18(30)7-5-17)32-27(34)24(42-29(32)31-16)15-20-9-11-22(41-20)21-10-8-19(33(36)37)14-23(21)39-3/h4-11,14-15,26H,12-13H2,1-3H3. The minimum absolute atomic E-state index is 0.0459. The van der Waals surface area contributed by atoms with Crippen molar-refractivity contribution in [2.75, 3.05) is 27.4 Å². The van der Waals surface area contributed by atoms with E-state index < -0.39 is 16.9 Å². The minimum atomic E-state index is -0.799. The number of carbonyl (C=O) groups excluding carboxylic acids is 1. The summed E-state index contributed by atoms with van der Waals surface area (Å²) in [6.45, 7) is 1.97. The molecule has 0 radical (unpaired) electrons. The summed E-state index contributed by atoms with van der Waals surface area (Å²) in [6.07, 6.45) is 1.58. The summed E-state index contributed by atoms with van der Waals surface area (Å²) in [6, 6.07) is 13.6. The Balaban J connectivity index is 1.58. The van der Waals surface area contributed by atoms with Crippen LogP contribution in [0.5, 0.6) is 5.75 Å². The third kappa shape index (κ3) is 5.64. The van der Waals surface area contributed by atoms with Gasteiger partial charge in [0.2, 0.25) is 0 Å². The first kappa shape index (κ1) is 29.0. The summed E-state index contributed by atoms with van der Waals surface area (Å²) in [5.74, 6) is 0.438. The molecule has 2 aromatic carbocycles. The topological polar surface area (TPSA) is 135 Å². The average molecular weight is 610 g/mol. The molecule has 11 nitrogen and oxygen atoms in total. The Kier molecular flexibility index (Phi) is 8.39. The Morgan fingerprint density at radius 2 is 1.93 bits per heavy atom. The highest BCUT2D eigenvalue weighted by molar-refractivity contribution is 7.07. The Morgan fingerprint density at radius 1 is 1.17 bits per heavy atom. The number of benzene rings is 2. The van der Waals surface area contributed by atoms with Gasteiger partial charge < -0.3 is 18.6 Å². The normalized spacial score (nSPS) is 14.9. The van der Waals surface area contributed by atoms with Crippen LogP contribution in [0, 0.1) is 10.1 Å². The van der Waals surface area contributed by atoms with Crippen molar-refractivity contribution in [2.24, 2.45) is 4.99 Å². The van der Waals surface area contributed by atoms with E-state index in [1.54, 1.807) is 49.4 Å². The van der Waals surface area contributed by atoms with Crippen LogP contribution < -0.4 is 19.6 Å². The number of nitro benzene ring substituents is 1. The molecular weight excluding hydrogens is 586 g/mol. The molecule has 0 spiro atoms. The van der Waals surface area contributed by atoms with Crippen LogP contribution >= 0.6 is 22.9 Å². The molecule has 1 unspecified atom stereocenters. The number of hydrogen-bond donors (Lipinski definition) is 0. The molecule has 5 rings (SSSR count). The van der Waals surface area contributed by atoms with E-state index in [-0.39, 0.29) is 35.8 Å². The van der Waals surface area contributed by atoms with Gasteiger partial charge in [0, 0.05) is 24.3 Å². The number of aromatic nitrogens is 1. The second kappa shape index (κ2) is 12.1. The van der Waals surface area contributed by atoms with Gasteiger partial charge in [-0.05, 0) is 42.8 Å². The van der Waals surface area contributed by atoms with E-state index in [9.17, 15) is 19.7 Å². The molecule has 3 heterocycles. The number of hydrogen-bond acceptors (Lipinski definition) is 10. The summed E-state index contributed by atoms with van der Waals surface area (Å²) in [4.78, 5) is 42.6. The predicted molar refractivity (Wildman–Crippen MR) is 155 cm³/mol. The molecule has 2 aromatic heterocycles. The average Bonchev–Trinajstić information content (AvgIpc) is 3.56. The molecule has 1 aliphatic rings. The summed E-state index contributed by atoms with van der Waals surface area (Å²) in [7, 11) is 2.91. The van der Waals surface area contributed by atoms with E-state index in [4.69, 9.17) is 30.2 Å². The van der Waals surface area contributed by atoms with Crippen LogP contribution in [-0.2, 0) is 14.3 Å². The number of rotatable bonds is 9. The molecule has 216 valence electrons. The highest BCUT2D eigenvalue weighted by Crippen LogP contribution is 2.35. The van der Waals surface area contributed by atoms with Gasteiger partial charge in [-0.1, -0.05) is 35.1 Å². The molecule has 13 heteroatoms. The Bertz CT molecular complexity index is 1890. The lowest BCUT2D eigenvalue weighted by molar-refractivity contribution is -0.384. The summed E-state index contributed by atoms with van der Waals surface area (Å²) in [5, 5.41) is 11.7. The zero-order valence-electron chi connectivity index (χ0n) is 22.7. The number of esters is 1. The van der Waals surface area contributed by atoms with Crippen LogP contribution in [-0.4, -0.2) is 42.9 Å². The number of halogens is 1. The number of ether oxygens (including phenoxy) is 3. The Hall–Kier alpha value is -4.52. The lowest BCUT2D eigenvalue weighted by Gasteiger charge is -2.24. The number of furan rings is 1. The SMILES string of the molecule is COCCOC(=O)C1=C(C)N=c2sc(=Cc3ccc(-c4ccc([N+](=O)[O-])cc4OC)o3)c(=O)n2C1c1ccc(Cl)cc1. The van der Waals surface area contributed by atoms with Crippen molar-refractivity contribution in [3.63, 3.8) is 0 Å². The summed E-state index contributed by atoms with van der Waals surface area (Å²) in [5.41, 5.74) is 1.34. The second-order valence-corrected chi connectivity index (χ2v) is 10.6. The Labute approximate surface area is 247 Å². The maximum atomic E-state index is 13.8. The summed E-state index contributed by atoms with van der Waals surface area (Å²) < 4.78 is 23.5. The van der Waals surface area contributed by atoms with Gasteiger partial charge in [-0.2, -0.15) is 0 Å². The van der Waals surface area contributed by atoms with Gasteiger partial charge in [-0.25, -0.2) is 9.79 Å². The number of methoxy groups -OCH3 is 2. The minimum Gasteiger partial charge on any atom is -0.496 e. The molecule has 4 aromatic rings. The molecule has 0 saturated carbocycles. The Morgan fingerprint density at radius 3 is 2.62 bits per heavy atom. The molecule has 0 bridgehead atoms. The maximum Gasteiger partial charge on any atom is 0.338 e. The monoisotopic (exact) mass is 609 g/mol. The molecular formula is C29H24ClN3O8S.